The van der Waals surface area contributed by atoms with Crippen molar-refractivity contribution in [3.63, 3.8) is 0 Å². The van der Waals surface area contributed by atoms with E-state index in [1.54, 1.807) is 0 Å². The standard InChI is InChI=1S/C6H6BrClN2O/c1-3(11-2)4-5(7)10-6(8)9-4/h1H2,2H3,(H,9,10). The van der Waals surface area contributed by atoms with E-state index in [1.807, 2.05) is 0 Å². The van der Waals surface area contributed by atoms with Crippen molar-refractivity contribution in [2.24, 2.45) is 0 Å². The predicted octanol–water partition coefficient (Wildman–Crippen LogP) is 2.44. The molecule has 1 aromatic rings. The molecule has 5 heteroatoms. The molecule has 0 unspecified atom stereocenters. The Morgan fingerprint density at radius 1 is 1.82 bits per heavy atom. The van der Waals surface area contributed by atoms with E-state index in [1.165, 1.54) is 7.11 Å². The number of aromatic nitrogens is 2. The molecule has 0 aliphatic rings. The van der Waals surface area contributed by atoms with Crippen LogP contribution >= 0.6 is 27.5 Å². The van der Waals surface area contributed by atoms with E-state index < -0.39 is 0 Å². The molecule has 0 saturated carbocycles. The molecular weight excluding hydrogens is 231 g/mol. The van der Waals surface area contributed by atoms with Crippen LogP contribution in [0.4, 0.5) is 0 Å². The first kappa shape index (κ1) is 8.62. The van der Waals surface area contributed by atoms with Crippen LogP contribution in [-0.4, -0.2) is 17.1 Å². The Morgan fingerprint density at radius 3 is 2.82 bits per heavy atom. The highest BCUT2D eigenvalue weighted by Gasteiger charge is 2.09. The monoisotopic (exact) mass is 236 g/mol. The van der Waals surface area contributed by atoms with Gasteiger partial charge in [-0.1, -0.05) is 6.58 Å². The zero-order valence-electron chi connectivity index (χ0n) is 5.82. The number of nitrogens with one attached hydrogen (secondary N) is 1. The highest BCUT2D eigenvalue weighted by molar-refractivity contribution is 9.10. The molecule has 1 heterocycles. The van der Waals surface area contributed by atoms with Crippen molar-refractivity contribution in [2.75, 3.05) is 7.11 Å². The van der Waals surface area contributed by atoms with Gasteiger partial charge < -0.3 is 9.72 Å². The third-order valence-electron chi connectivity index (χ3n) is 1.14. The number of rotatable bonds is 2. The van der Waals surface area contributed by atoms with Gasteiger partial charge in [0.25, 0.3) is 0 Å². The van der Waals surface area contributed by atoms with Gasteiger partial charge in [-0.25, -0.2) is 4.98 Å². The highest BCUT2D eigenvalue weighted by atomic mass is 79.9. The predicted molar refractivity (Wildman–Crippen MR) is 47.3 cm³/mol. The van der Waals surface area contributed by atoms with Crippen LogP contribution in [0.5, 0.6) is 0 Å². The van der Waals surface area contributed by atoms with Gasteiger partial charge in [-0.3, -0.25) is 0 Å². The number of ether oxygens (including phenoxy) is 1. The van der Waals surface area contributed by atoms with Crippen molar-refractivity contribution in [2.45, 2.75) is 0 Å². The molecule has 0 aliphatic carbocycles. The van der Waals surface area contributed by atoms with Gasteiger partial charge in [0.15, 0.2) is 0 Å². The van der Waals surface area contributed by atoms with Crippen molar-refractivity contribution in [3.05, 3.63) is 22.2 Å². The van der Waals surface area contributed by atoms with Crippen LogP contribution in [0.25, 0.3) is 5.76 Å². The Hall–Kier alpha value is -0.480. The van der Waals surface area contributed by atoms with Crippen molar-refractivity contribution >= 4 is 33.3 Å². The van der Waals surface area contributed by atoms with Gasteiger partial charge in [0.1, 0.15) is 16.1 Å². The molecule has 0 saturated heterocycles. The Balaban J connectivity index is 3.03. The second-order valence-corrected chi connectivity index (χ2v) is 2.97. The minimum absolute atomic E-state index is 0.310. The second kappa shape index (κ2) is 3.28. The molecule has 1 rings (SSSR count). The second-order valence-electron chi connectivity index (χ2n) is 1.82. The minimum Gasteiger partial charge on any atom is -0.495 e. The Kier molecular flexibility index (Phi) is 2.57. The quantitative estimate of drug-likeness (QED) is 0.802. The normalized spacial score (nSPS) is 9.73. The van der Waals surface area contributed by atoms with Crippen molar-refractivity contribution in [1.29, 1.82) is 0 Å². The Morgan fingerprint density at radius 2 is 2.45 bits per heavy atom. The lowest BCUT2D eigenvalue weighted by molar-refractivity contribution is 0.369. The molecule has 3 nitrogen and oxygen atoms in total. The summed E-state index contributed by atoms with van der Waals surface area (Å²) in [6.45, 7) is 3.62. The number of H-pyrrole nitrogens is 1. The zero-order valence-corrected chi connectivity index (χ0v) is 8.16. The first-order chi connectivity index (χ1) is 5.15. The van der Waals surface area contributed by atoms with E-state index in [4.69, 9.17) is 16.3 Å². The molecule has 11 heavy (non-hydrogen) atoms. The van der Waals surface area contributed by atoms with Crippen molar-refractivity contribution in [1.82, 2.24) is 9.97 Å². The average molecular weight is 237 g/mol. The topological polar surface area (TPSA) is 37.9 Å². The highest BCUT2D eigenvalue weighted by Crippen LogP contribution is 2.22. The summed E-state index contributed by atoms with van der Waals surface area (Å²) in [5.41, 5.74) is 0.595. The van der Waals surface area contributed by atoms with Gasteiger partial charge in [0, 0.05) is 0 Å². The molecule has 0 spiro atoms. The van der Waals surface area contributed by atoms with Crippen molar-refractivity contribution in [3.8, 4) is 0 Å². The fourth-order valence-electron chi connectivity index (χ4n) is 0.606. The fraction of sp³-hybridized carbons (Fsp3) is 0.167. The molecule has 0 fully saturated rings. The van der Waals surface area contributed by atoms with E-state index in [0.29, 0.717) is 21.3 Å². The van der Waals surface area contributed by atoms with Crippen LogP contribution in [0.15, 0.2) is 11.2 Å². The van der Waals surface area contributed by atoms with Crippen LogP contribution < -0.4 is 0 Å². The largest absolute Gasteiger partial charge is 0.495 e. The molecule has 0 bridgehead atoms. The maximum absolute atomic E-state index is 5.57. The summed E-state index contributed by atoms with van der Waals surface area (Å²) in [6, 6.07) is 0. The number of aromatic amines is 1. The summed E-state index contributed by atoms with van der Waals surface area (Å²) >= 11 is 8.79. The molecule has 60 valence electrons. The number of nitrogens with zero attached hydrogens (tertiary/aromatic N) is 1. The average Bonchev–Trinajstić information content (AvgIpc) is 2.28. The van der Waals surface area contributed by atoms with Gasteiger partial charge in [0.2, 0.25) is 5.28 Å². The van der Waals surface area contributed by atoms with Gasteiger partial charge in [-0.15, -0.1) is 0 Å². The third-order valence-corrected chi connectivity index (χ3v) is 1.89. The van der Waals surface area contributed by atoms with Crippen molar-refractivity contribution < 1.29 is 4.74 Å². The molecule has 0 aromatic carbocycles. The third kappa shape index (κ3) is 1.75. The molecule has 0 amide bonds. The molecule has 0 aliphatic heterocycles. The van der Waals surface area contributed by atoms with Crippen LogP contribution in [0, 0.1) is 0 Å². The SMILES string of the molecule is C=C(OC)c1nc(Cl)[nH]c1Br. The van der Waals surface area contributed by atoms with Crippen LogP contribution in [0.1, 0.15) is 5.69 Å². The van der Waals surface area contributed by atoms with E-state index in [-0.39, 0.29) is 0 Å². The lowest BCUT2D eigenvalue weighted by Gasteiger charge is -1.98. The number of methoxy groups -OCH3 is 1. The Bertz CT molecular complexity index is 284. The van der Waals surface area contributed by atoms with Crippen LogP contribution in [0.3, 0.4) is 0 Å². The van der Waals surface area contributed by atoms with Gasteiger partial charge in [-0.2, -0.15) is 0 Å². The molecule has 1 aromatic heterocycles. The minimum atomic E-state index is 0.310. The van der Waals surface area contributed by atoms with E-state index in [2.05, 4.69) is 32.5 Å². The fourth-order valence-corrected chi connectivity index (χ4v) is 1.40. The van der Waals surface area contributed by atoms with E-state index in [9.17, 15) is 0 Å². The summed E-state index contributed by atoms with van der Waals surface area (Å²) in [4.78, 5) is 6.67. The van der Waals surface area contributed by atoms with Gasteiger partial charge in [-0.05, 0) is 27.5 Å². The molecular formula is C6H6BrClN2O. The first-order valence-electron chi connectivity index (χ1n) is 2.79. The van der Waals surface area contributed by atoms with Gasteiger partial charge in [0.05, 0.1) is 7.11 Å². The summed E-state index contributed by atoms with van der Waals surface area (Å²) < 4.78 is 5.54. The number of halogens is 2. The maximum atomic E-state index is 5.57. The smallest absolute Gasteiger partial charge is 0.201 e. The molecule has 0 atom stereocenters. The number of hydrogen-bond acceptors (Lipinski definition) is 2. The number of hydrogen-bond donors (Lipinski definition) is 1. The van der Waals surface area contributed by atoms with Crippen LogP contribution in [-0.2, 0) is 4.74 Å². The maximum Gasteiger partial charge on any atom is 0.201 e. The van der Waals surface area contributed by atoms with E-state index >= 15 is 0 Å². The lowest BCUT2D eigenvalue weighted by Crippen LogP contribution is -1.85. The summed E-state index contributed by atoms with van der Waals surface area (Å²) in [6.07, 6.45) is 0. The summed E-state index contributed by atoms with van der Waals surface area (Å²) in [7, 11) is 1.53. The van der Waals surface area contributed by atoms with E-state index in [0.717, 1.165) is 0 Å². The lowest BCUT2D eigenvalue weighted by atomic mass is 10.4. The van der Waals surface area contributed by atoms with Gasteiger partial charge >= 0.3 is 0 Å². The summed E-state index contributed by atoms with van der Waals surface area (Å²) in [5, 5.41) is 0.310. The van der Waals surface area contributed by atoms with Crippen LogP contribution in [0.2, 0.25) is 5.28 Å². The summed E-state index contributed by atoms with van der Waals surface area (Å²) in [5.74, 6) is 0.472. The first-order valence-corrected chi connectivity index (χ1v) is 3.96. The molecule has 0 radical (unpaired) electrons. The molecule has 1 N–H and O–H groups in total. The zero-order chi connectivity index (χ0) is 8.43. The number of imidazole rings is 1. The Labute approximate surface area is 77.5 Å².